The van der Waals surface area contributed by atoms with Crippen LogP contribution in [0.25, 0.3) is 11.0 Å². The van der Waals surface area contributed by atoms with E-state index in [1.165, 1.54) is 5.56 Å². The fourth-order valence-corrected chi connectivity index (χ4v) is 3.06. The van der Waals surface area contributed by atoms with Crippen LogP contribution in [0.15, 0.2) is 55.8 Å². The summed E-state index contributed by atoms with van der Waals surface area (Å²) >= 11 is 7.05. The molecule has 1 atom stereocenters. The number of nitrogens with one attached hydrogen (secondary N) is 1. The molecule has 1 N–H and O–H groups in total. The van der Waals surface area contributed by atoms with Gasteiger partial charge in [-0.3, -0.25) is 0 Å². The van der Waals surface area contributed by atoms with Gasteiger partial charge >= 0.3 is 0 Å². The van der Waals surface area contributed by atoms with E-state index < -0.39 is 0 Å². The van der Waals surface area contributed by atoms with E-state index in [0.29, 0.717) is 0 Å². The minimum absolute atomic E-state index is 0.101. The second-order valence-corrected chi connectivity index (χ2v) is 6.88. The molecule has 3 aromatic rings. The molecule has 2 aromatic carbocycles. The molecule has 21 heavy (non-hydrogen) atoms. The lowest BCUT2D eigenvalue weighted by Crippen LogP contribution is -2.06. The molecule has 1 aromatic heterocycles. The first-order chi connectivity index (χ1) is 10.0. The molecule has 108 valence electrons. The van der Waals surface area contributed by atoms with Crippen molar-refractivity contribution in [1.29, 1.82) is 0 Å². The Bertz CT molecular complexity index is 795. The van der Waals surface area contributed by atoms with Crippen LogP contribution >= 0.6 is 31.9 Å². The van der Waals surface area contributed by atoms with Gasteiger partial charge in [0.1, 0.15) is 11.3 Å². The van der Waals surface area contributed by atoms with Crippen LogP contribution in [0.1, 0.15) is 24.3 Å². The Morgan fingerprint density at radius 1 is 1.10 bits per heavy atom. The third kappa shape index (κ3) is 3.01. The van der Waals surface area contributed by atoms with E-state index in [1.54, 1.807) is 0 Å². The van der Waals surface area contributed by atoms with Gasteiger partial charge in [-0.05, 0) is 55.8 Å². The van der Waals surface area contributed by atoms with E-state index in [-0.39, 0.29) is 6.04 Å². The first-order valence-corrected chi connectivity index (χ1v) is 8.34. The number of hydrogen-bond acceptors (Lipinski definition) is 2. The lowest BCUT2D eigenvalue weighted by Gasteiger charge is -2.15. The van der Waals surface area contributed by atoms with Crippen LogP contribution in [0.3, 0.4) is 0 Å². The normalized spacial score (nSPS) is 12.6. The summed E-state index contributed by atoms with van der Waals surface area (Å²) in [6, 6.07) is 14.4. The van der Waals surface area contributed by atoms with Gasteiger partial charge in [-0.15, -0.1) is 0 Å². The zero-order valence-electron chi connectivity index (χ0n) is 11.8. The summed E-state index contributed by atoms with van der Waals surface area (Å²) in [5.74, 6) is 0.933. The number of anilines is 1. The summed E-state index contributed by atoms with van der Waals surface area (Å²) in [5.41, 5.74) is 3.22. The van der Waals surface area contributed by atoms with E-state index in [0.717, 1.165) is 31.4 Å². The number of benzene rings is 2. The van der Waals surface area contributed by atoms with E-state index >= 15 is 0 Å². The summed E-state index contributed by atoms with van der Waals surface area (Å²) in [7, 11) is 0. The fraction of sp³-hybridized carbons (Fsp3) is 0.176. The van der Waals surface area contributed by atoms with Crippen molar-refractivity contribution in [2.75, 3.05) is 5.32 Å². The molecule has 2 nitrogen and oxygen atoms in total. The Morgan fingerprint density at radius 3 is 2.71 bits per heavy atom. The number of furan rings is 1. The van der Waals surface area contributed by atoms with Gasteiger partial charge in [0.05, 0.1) is 6.04 Å². The third-order valence-electron chi connectivity index (χ3n) is 3.56. The molecule has 0 radical (unpaired) electrons. The van der Waals surface area contributed by atoms with Crippen LogP contribution < -0.4 is 5.32 Å². The highest BCUT2D eigenvalue weighted by molar-refractivity contribution is 9.10. The Kier molecular flexibility index (Phi) is 4.09. The van der Waals surface area contributed by atoms with Crippen molar-refractivity contribution >= 4 is 48.5 Å². The predicted octanol–water partition coefficient (Wildman–Crippen LogP) is 6.44. The van der Waals surface area contributed by atoms with Crippen molar-refractivity contribution < 1.29 is 4.42 Å². The summed E-state index contributed by atoms with van der Waals surface area (Å²) in [4.78, 5) is 0. The van der Waals surface area contributed by atoms with Crippen molar-refractivity contribution in [3.63, 3.8) is 0 Å². The highest BCUT2D eigenvalue weighted by Crippen LogP contribution is 2.30. The van der Waals surface area contributed by atoms with Crippen molar-refractivity contribution in [3.8, 4) is 0 Å². The minimum Gasteiger partial charge on any atom is -0.459 e. The molecule has 1 heterocycles. The summed E-state index contributed by atoms with van der Waals surface area (Å²) < 4.78 is 8.10. The molecule has 0 amide bonds. The standard InChI is InChI=1S/C17H15Br2NO/c1-10-14(19)4-3-5-15(10)20-11(2)17-9-12-8-13(18)6-7-16(12)21-17/h3-9,11,20H,1-2H3. The molecule has 0 aliphatic heterocycles. The van der Waals surface area contributed by atoms with Crippen LogP contribution in [-0.2, 0) is 0 Å². The van der Waals surface area contributed by atoms with Gasteiger partial charge in [0.15, 0.2) is 0 Å². The van der Waals surface area contributed by atoms with Crippen LogP contribution in [0.5, 0.6) is 0 Å². The van der Waals surface area contributed by atoms with E-state index in [9.17, 15) is 0 Å². The van der Waals surface area contributed by atoms with Crippen LogP contribution in [0, 0.1) is 6.92 Å². The quantitative estimate of drug-likeness (QED) is 0.539. The number of halogens is 2. The summed E-state index contributed by atoms with van der Waals surface area (Å²) in [5, 5.41) is 4.62. The zero-order chi connectivity index (χ0) is 15.0. The Balaban J connectivity index is 1.89. The molecule has 0 spiro atoms. The monoisotopic (exact) mass is 407 g/mol. The molecule has 1 unspecified atom stereocenters. The van der Waals surface area contributed by atoms with Gasteiger partial charge in [-0.25, -0.2) is 0 Å². The van der Waals surface area contributed by atoms with E-state index in [2.05, 4.69) is 69.2 Å². The van der Waals surface area contributed by atoms with Crippen LogP contribution in [-0.4, -0.2) is 0 Å². The van der Waals surface area contributed by atoms with Gasteiger partial charge in [0.2, 0.25) is 0 Å². The van der Waals surface area contributed by atoms with Gasteiger partial charge in [0, 0.05) is 20.0 Å². The van der Waals surface area contributed by atoms with E-state index in [4.69, 9.17) is 4.42 Å². The van der Waals surface area contributed by atoms with E-state index in [1.807, 2.05) is 24.3 Å². The Morgan fingerprint density at radius 2 is 1.90 bits per heavy atom. The smallest absolute Gasteiger partial charge is 0.134 e. The first-order valence-electron chi connectivity index (χ1n) is 6.75. The molecular weight excluding hydrogens is 394 g/mol. The van der Waals surface area contributed by atoms with Crippen LogP contribution in [0.4, 0.5) is 5.69 Å². The molecule has 3 rings (SSSR count). The van der Waals surface area contributed by atoms with Gasteiger partial charge < -0.3 is 9.73 Å². The SMILES string of the molecule is Cc1c(Br)cccc1NC(C)c1cc2cc(Br)ccc2o1. The fourth-order valence-electron chi connectivity index (χ4n) is 2.32. The maximum absolute atomic E-state index is 5.93. The zero-order valence-corrected chi connectivity index (χ0v) is 15.0. The Labute approximate surface area is 140 Å². The molecule has 0 saturated carbocycles. The van der Waals surface area contributed by atoms with Crippen molar-refractivity contribution in [3.05, 3.63) is 62.7 Å². The van der Waals surface area contributed by atoms with Gasteiger partial charge in [-0.1, -0.05) is 37.9 Å². The number of fused-ring (bicyclic) bond motifs is 1. The average molecular weight is 409 g/mol. The summed E-state index contributed by atoms with van der Waals surface area (Å²) in [6.07, 6.45) is 0. The highest BCUT2D eigenvalue weighted by atomic mass is 79.9. The lowest BCUT2D eigenvalue weighted by molar-refractivity contribution is 0.526. The average Bonchev–Trinajstić information content (AvgIpc) is 2.87. The summed E-state index contributed by atoms with van der Waals surface area (Å²) in [6.45, 7) is 4.20. The maximum atomic E-state index is 5.93. The molecule has 4 heteroatoms. The molecule has 0 bridgehead atoms. The van der Waals surface area contributed by atoms with Gasteiger partial charge in [-0.2, -0.15) is 0 Å². The molecule has 0 aliphatic rings. The maximum Gasteiger partial charge on any atom is 0.134 e. The largest absolute Gasteiger partial charge is 0.459 e. The highest BCUT2D eigenvalue weighted by Gasteiger charge is 2.13. The molecule has 0 aliphatic carbocycles. The number of hydrogen-bond donors (Lipinski definition) is 1. The van der Waals surface area contributed by atoms with Crippen molar-refractivity contribution in [2.45, 2.75) is 19.9 Å². The van der Waals surface area contributed by atoms with Crippen molar-refractivity contribution in [2.24, 2.45) is 0 Å². The topological polar surface area (TPSA) is 25.2 Å². The minimum atomic E-state index is 0.101. The molecule has 0 fully saturated rings. The lowest BCUT2D eigenvalue weighted by atomic mass is 10.1. The third-order valence-corrected chi connectivity index (χ3v) is 4.92. The van der Waals surface area contributed by atoms with Crippen molar-refractivity contribution in [1.82, 2.24) is 0 Å². The second-order valence-electron chi connectivity index (χ2n) is 5.11. The first kappa shape index (κ1) is 14.7. The van der Waals surface area contributed by atoms with Gasteiger partial charge in [0.25, 0.3) is 0 Å². The second kappa shape index (κ2) is 5.85. The number of rotatable bonds is 3. The predicted molar refractivity (Wildman–Crippen MR) is 94.8 cm³/mol. The Hall–Kier alpha value is -1.26. The molecular formula is C17H15Br2NO. The van der Waals surface area contributed by atoms with Crippen LogP contribution in [0.2, 0.25) is 0 Å². The molecule has 0 saturated heterocycles.